The van der Waals surface area contributed by atoms with Crippen LogP contribution in [-0.4, -0.2) is 22.2 Å². The number of rotatable bonds is 3. The first-order valence-electron chi connectivity index (χ1n) is 8.53. The van der Waals surface area contributed by atoms with Crippen molar-refractivity contribution in [1.29, 1.82) is 0 Å². The number of fused-ring (bicyclic) bond motifs is 2. The van der Waals surface area contributed by atoms with Gasteiger partial charge in [0.05, 0.1) is 29.8 Å². The number of hydrogen-bond donors (Lipinski definition) is 1. The summed E-state index contributed by atoms with van der Waals surface area (Å²) in [6.45, 7) is 1.06. The number of ether oxygens (including phenoxy) is 1. The number of hydrogen-bond acceptors (Lipinski definition) is 4. The highest BCUT2D eigenvalue weighted by Gasteiger charge is 2.29. The molecule has 1 aromatic heterocycles. The van der Waals surface area contributed by atoms with Crippen molar-refractivity contribution in [2.45, 2.75) is 20.0 Å². The first kappa shape index (κ1) is 18.2. The van der Waals surface area contributed by atoms with Crippen LogP contribution >= 0.6 is 0 Å². The Hall–Kier alpha value is -3.13. The van der Waals surface area contributed by atoms with Crippen molar-refractivity contribution in [2.24, 2.45) is 0 Å². The van der Waals surface area contributed by atoms with Gasteiger partial charge in [0.1, 0.15) is 11.4 Å². The fourth-order valence-corrected chi connectivity index (χ4v) is 3.68. The summed E-state index contributed by atoms with van der Waals surface area (Å²) in [5.74, 6) is -3.95. The molecule has 0 atom stereocenters. The first-order valence-corrected chi connectivity index (χ1v) is 8.53. The van der Waals surface area contributed by atoms with Gasteiger partial charge in [-0.2, -0.15) is 0 Å². The molecule has 1 N–H and O–H groups in total. The molecule has 28 heavy (non-hydrogen) atoms. The normalized spacial score (nSPS) is 12.2. The number of halogens is 3. The number of carbonyl (C=O) groups is 1. The number of carbonyl (C=O) groups excluding carboxylic acids is 1. The van der Waals surface area contributed by atoms with Gasteiger partial charge in [0.15, 0.2) is 11.6 Å². The molecule has 0 saturated carbocycles. The third-order valence-electron chi connectivity index (χ3n) is 4.78. The van der Waals surface area contributed by atoms with Gasteiger partial charge in [0, 0.05) is 23.7 Å². The van der Waals surface area contributed by atoms with E-state index in [9.17, 15) is 27.9 Å². The van der Waals surface area contributed by atoms with E-state index in [1.165, 1.54) is 10.8 Å². The van der Waals surface area contributed by atoms with Crippen molar-refractivity contribution < 1.29 is 27.8 Å². The van der Waals surface area contributed by atoms with E-state index in [2.05, 4.69) is 0 Å². The summed E-state index contributed by atoms with van der Waals surface area (Å²) in [4.78, 5) is 25.0. The molecule has 0 bridgehead atoms. The second kappa shape index (κ2) is 6.49. The van der Waals surface area contributed by atoms with Gasteiger partial charge in [-0.05, 0) is 30.7 Å². The van der Waals surface area contributed by atoms with Crippen LogP contribution in [0.2, 0.25) is 0 Å². The summed E-state index contributed by atoms with van der Waals surface area (Å²) in [6.07, 6.45) is 0.997. The molecular formula is C20H14F3NO4. The molecule has 3 aromatic rings. The maximum atomic E-state index is 14.5. The van der Waals surface area contributed by atoms with Crippen LogP contribution in [0, 0.1) is 17.5 Å². The maximum absolute atomic E-state index is 14.5. The summed E-state index contributed by atoms with van der Waals surface area (Å²) in [5.41, 5.74) is -0.410. The van der Waals surface area contributed by atoms with E-state index >= 15 is 0 Å². The van der Waals surface area contributed by atoms with E-state index in [1.54, 1.807) is 6.92 Å². The molecule has 0 saturated heterocycles. The molecule has 5 nitrogen and oxygen atoms in total. The predicted molar refractivity (Wildman–Crippen MR) is 94.1 cm³/mol. The summed E-state index contributed by atoms with van der Waals surface area (Å²) in [7, 11) is 0. The highest BCUT2D eigenvalue weighted by atomic mass is 19.2. The fourth-order valence-electron chi connectivity index (χ4n) is 3.68. The zero-order chi connectivity index (χ0) is 20.2. The molecule has 1 aliphatic rings. The zero-order valence-corrected chi connectivity index (χ0v) is 14.7. The molecular weight excluding hydrogens is 375 g/mol. The average Bonchev–Trinajstić information content (AvgIpc) is 2.66. The minimum absolute atomic E-state index is 0.0169. The van der Waals surface area contributed by atoms with Gasteiger partial charge in [-0.25, -0.2) is 18.0 Å². The van der Waals surface area contributed by atoms with Gasteiger partial charge in [0.2, 0.25) is 5.43 Å². The minimum atomic E-state index is -1.24. The van der Waals surface area contributed by atoms with Crippen LogP contribution in [0.15, 0.2) is 29.2 Å². The molecule has 144 valence electrons. The summed E-state index contributed by atoms with van der Waals surface area (Å²) >= 11 is 0. The molecule has 1 aliphatic heterocycles. The molecule has 0 fully saturated rings. The zero-order valence-electron chi connectivity index (χ0n) is 14.7. The van der Waals surface area contributed by atoms with Gasteiger partial charge in [-0.1, -0.05) is 0 Å². The molecule has 0 radical (unpaired) electrons. The highest BCUT2D eigenvalue weighted by Crippen LogP contribution is 2.36. The standard InChI is InChI=1S/C20H14F3NO4/c1-2-28-20(27)14-7-24-17-9(3-11(21)4-10(17)8-25)5-12-16(23)15(22)6-13(18(12)24)19(14)26/h3-4,6-7,25H,2,5,8H2,1H3. The number of pyridine rings is 1. The Bertz CT molecular complexity index is 1220. The lowest BCUT2D eigenvalue weighted by molar-refractivity contribution is 0.0524. The lowest BCUT2D eigenvalue weighted by Crippen LogP contribution is -2.24. The summed E-state index contributed by atoms with van der Waals surface area (Å²) < 4.78 is 48.8. The predicted octanol–water partition coefficient (Wildman–Crippen LogP) is 2.98. The van der Waals surface area contributed by atoms with Crippen molar-refractivity contribution in [3.8, 4) is 5.69 Å². The molecule has 0 aliphatic carbocycles. The van der Waals surface area contributed by atoms with Crippen molar-refractivity contribution in [2.75, 3.05) is 6.61 Å². The Morgan fingerprint density at radius 2 is 2.00 bits per heavy atom. The van der Waals surface area contributed by atoms with E-state index in [1.807, 2.05) is 0 Å². The molecule has 0 unspecified atom stereocenters. The molecule has 2 heterocycles. The van der Waals surface area contributed by atoms with E-state index in [-0.39, 0.29) is 40.6 Å². The summed E-state index contributed by atoms with van der Waals surface area (Å²) in [6, 6.07) is 3.00. The molecule has 0 amide bonds. The monoisotopic (exact) mass is 389 g/mol. The Balaban J connectivity index is 2.20. The Labute approximate surface area is 156 Å². The molecule has 0 spiro atoms. The number of nitrogens with zero attached hydrogens (tertiary/aromatic N) is 1. The fraction of sp³-hybridized carbons (Fsp3) is 0.200. The van der Waals surface area contributed by atoms with Crippen molar-refractivity contribution in [3.05, 3.63) is 74.3 Å². The van der Waals surface area contributed by atoms with Crippen molar-refractivity contribution in [1.82, 2.24) is 4.57 Å². The van der Waals surface area contributed by atoms with Crippen molar-refractivity contribution in [3.63, 3.8) is 0 Å². The van der Waals surface area contributed by atoms with Crippen LogP contribution in [0.4, 0.5) is 13.2 Å². The van der Waals surface area contributed by atoms with Crippen LogP contribution < -0.4 is 5.43 Å². The molecule has 2 aromatic carbocycles. The van der Waals surface area contributed by atoms with E-state index < -0.39 is 35.5 Å². The quantitative estimate of drug-likeness (QED) is 0.547. The average molecular weight is 389 g/mol. The number of benzene rings is 2. The second-order valence-corrected chi connectivity index (χ2v) is 6.42. The Morgan fingerprint density at radius 1 is 1.25 bits per heavy atom. The number of esters is 1. The van der Waals surface area contributed by atoms with Crippen LogP contribution in [0.1, 0.15) is 34.0 Å². The van der Waals surface area contributed by atoms with Gasteiger partial charge in [0.25, 0.3) is 0 Å². The minimum Gasteiger partial charge on any atom is -0.462 e. The van der Waals surface area contributed by atoms with Gasteiger partial charge < -0.3 is 14.4 Å². The Kier molecular flexibility index (Phi) is 4.23. The van der Waals surface area contributed by atoms with Crippen LogP contribution in [0.25, 0.3) is 16.6 Å². The molecule has 8 heteroatoms. The maximum Gasteiger partial charge on any atom is 0.343 e. The third-order valence-corrected chi connectivity index (χ3v) is 4.78. The number of aliphatic hydroxyl groups is 1. The topological polar surface area (TPSA) is 68.5 Å². The van der Waals surface area contributed by atoms with E-state index in [0.29, 0.717) is 11.3 Å². The molecule has 4 rings (SSSR count). The first-order chi connectivity index (χ1) is 13.4. The van der Waals surface area contributed by atoms with Crippen molar-refractivity contribution >= 4 is 16.9 Å². The van der Waals surface area contributed by atoms with Gasteiger partial charge in [-0.3, -0.25) is 4.79 Å². The highest BCUT2D eigenvalue weighted by molar-refractivity contribution is 5.96. The van der Waals surface area contributed by atoms with Gasteiger partial charge in [-0.15, -0.1) is 0 Å². The van der Waals surface area contributed by atoms with Gasteiger partial charge >= 0.3 is 5.97 Å². The van der Waals surface area contributed by atoms with E-state index in [4.69, 9.17) is 4.74 Å². The second-order valence-electron chi connectivity index (χ2n) is 6.42. The largest absolute Gasteiger partial charge is 0.462 e. The summed E-state index contributed by atoms with van der Waals surface area (Å²) in [5, 5.41) is 9.47. The SMILES string of the molecule is CCOC(=O)c1cn2c3c(c(F)c(F)cc3c1=O)Cc1cc(F)cc(CO)c1-2. The third kappa shape index (κ3) is 2.52. The van der Waals surface area contributed by atoms with Crippen LogP contribution in [0.3, 0.4) is 0 Å². The Morgan fingerprint density at radius 3 is 2.68 bits per heavy atom. The lowest BCUT2D eigenvalue weighted by atomic mass is 9.92. The number of aromatic nitrogens is 1. The lowest BCUT2D eigenvalue weighted by Gasteiger charge is -2.26. The smallest absolute Gasteiger partial charge is 0.343 e. The van der Waals surface area contributed by atoms with Crippen LogP contribution in [0.5, 0.6) is 0 Å². The number of aliphatic hydroxyl groups excluding tert-OH is 1. The van der Waals surface area contributed by atoms with Crippen LogP contribution in [-0.2, 0) is 17.8 Å². The van der Waals surface area contributed by atoms with E-state index in [0.717, 1.165) is 18.2 Å².